The van der Waals surface area contributed by atoms with E-state index in [4.69, 9.17) is 11.6 Å². The zero-order valence-corrected chi connectivity index (χ0v) is 18.4. The van der Waals surface area contributed by atoms with Crippen molar-refractivity contribution in [2.45, 2.75) is 13.0 Å². The van der Waals surface area contributed by atoms with E-state index < -0.39 is 0 Å². The van der Waals surface area contributed by atoms with Gasteiger partial charge in [-0.1, -0.05) is 54.1 Å². The van der Waals surface area contributed by atoms with Crippen LogP contribution in [-0.4, -0.2) is 63.0 Å². The number of benzene rings is 2. The summed E-state index contributed by atoms with van der Waals surface area (Å²) >= 11 is 6.08. The van der Waals surface area contributed by atoms with Crippen LogP contribution in [0.3, 0.4) is 0 Å². The summed E-state index contributed by atoms with van der Waals surface area (Å²) < 4.78 is 0. The molecule has 0 bridgehead atoms. The van der Waals surface area contributed by atoms with Gasteiger partial charge in [0, 0.05) is 5.56 Å². The molecule has 1 saturated heterocycles. The Balaban J connectivity index is 1.43. The topological polar surface area (TPSA) is 58.3 Å². The molecule has 0 spiro atoms. The number of piperazine rings is 1. The van der Waals surface area contributed by atoms with Crippen molar-refractivity contribution in [3.63, 3.8) is 0 Å². The lowest BCUT2D eigenvalue weighted by Gasteiger charge is -2.35. The number of amides is 2. The van der Waals surface area contributed by atoms with Gasteiger partial charge < -0.3 is 20.0 Å². The molecule has 3 rings (SSSR count). The fraction of sp³-hybridized carbons (Fsp3) is 0.391. The predicted molar refractivity (Wildman–Crippen MR) is 119 cm³/mol. The summed E-state index contributed by atoms with van der Waals surface area (Å²) in [5.41, 5.74) is 1.93. The number of para-hydroxylation sites is 1. The van der Waals surface area contributed by atoms with Crippen LogP contribution in [0.15, 0.2) is 54.6 Å². The van der Waals surface area contributed by atoms with Crippen molar-refractivity contribution in [2.24, 2.45) is 0 Å². The molecular weight excluding hydrogens is 400 g/mol. The van der Waals surface area contributed by atoms with Crippen LogP contribution in [0.25, 0.3) is 0 Å². The summed E-state index contributed by atoms with van der Waals surface area (Å²) in [6, 6.07) is 18.1. The molecule has 6 nitrogen and oxygen atoms in total. The quantitative estimate of drug-likeness (QED) is 0.591. The molecule has 2 aromatic rings. The standard InChI is InChI=1S/C23H29ClN4O2/c1-18(19-8-4-3-5-9-19)27-12-14-28(15-13-27)23(30)17-26(2)16-22(29)25-21-11-7-6-10-20(21)24/h3-11,18H,12-17H2,1-2H3,(H,25,29)/p+2/t18-/m1/s1. The summed E-state index contributed by atoms with van der Waals surface area (Å²) in [5.74, 6) is -0.0520. The van der Waals surface area contributed by atoms with Crippen LogP contribution in [-0.2, 0) is 9.59 Å². The van der Waals surface area contributed by atoms with Gasteiger partial charge in [-0.15, -0.1) is 0 Å². The van der Waals surface area contributed by atoms with Crippen LogP contribution in [0.5, 0.6) is 0 Å². The van der Waals surface area contributed by atoms with E-state index in [2.05, 4.69) is 36.5 Å². The molecule has 1 aliphatic heterocycles. The second-order valence-electron chi connectivity index (χ2n) is 8.01. The third-order valence-corrected chi connectivity index (χ3v) is 6.06. The highest BCUT2D eigenvalue weighted by molar-refractivity contribution is 6.33. The van der Waals surface area contributed by atoms with Gasteiger partial charge in [0.1, 0.15) is 6.04 Å². The molecule has 0 aliphatic carbocycles. The van der Waals surface area contributed by atoms with Crippen molar-refractivity contribution >= 4 is 29.1 Å². The van der Waals surface area contributed by atoms with E-state index in [1.165, 1.54) is 10.5 Å². The maximum atomic E-state index is 12.7. The molecule has 2 aromatic carbocycles. The Hall–Kier alpha value is -2.41. The Kier molecular flexibility index (Phi) is 7.85. The molecule has 1 aliphatic rings. The number of halogens is 1. The highest BCUT2D eigenvalue weighted by Crippen LogP contribution is 2.19. The first kappa shape index (κ1) is 22.3. The van der Waals surface area contributed by atoms with Crippen LogP contribution in [0.4, 0.5) is 5.69 Å². The number of hydrogen-bond donors (Lipinski definition) is 3. The molecule has 2 atom stereocenters. The number of carbonyl (C=O) groups is 2. The van der Waals surface area contributed by atoms with Crippen molar-refractivity contribution in [2.75, 3.05) is 51.6 Å². The van der Waals surface area contributed by atoms with Gasteiger partial charge in [0.15, 0.2) is 13.1 Å². The Labute approximate surface area is 183 Å². The van der Waals surface area contributed by atoms with Gasteiger partial charge in [-0.25, -0.2) is 0 Å². The Morgan fingerprint density at radius 3 is 2.37 bits per heavy atom. The van der Waals surface area contributed by atoms with Gasteiger partial charge in [0.05, 0.1) is 43.9 Å². The maximum absolute atomic E-state index is 12.7. The van der Waals surface area contributed by atoms with E-state index in [1.54, 1.807) is 12.1 Å². The predicted octanol–water partition coefficient (Wildman–Crippen LogP) is 0.282. The minimum absolute atomic E-state index is 0.101. The fourth-order valence-corrected chi connectivity index (χ4v) is 4.10. The molecular formula is C23H31ClN4O2+2. The number of quaternary nitrogens is 2. The largest absolute Gasteiger partial charge is 0.327 e. The molecule has 0 aromatic heterocycles. The van der Waals surface area contributed by atoms with Gasteiger partial charge in [0.25, 0.3) is 11.8 Å². The Morgan fingerprint density at radius 2 is 1.70 bits per heavy atom. The van der Waals surface area contributed by atoms with Crippen LogP contribution in [0.1, 0.15) is 18.5 Å². The van der Waals surface area contributed by atoms with E-state index >= 15 is 0 Å². The summed E-state index contributed by atoms with van der Waals surface area (Å²) in [6.45, 7) is 6.15. The van der Waals surface area contributed by atoms with Gasteiger partial charge in [0.2, 0.25) is 0 Å². The second-order valence-corrected chi connectivity index (χ2v) is 8.42. The highest BCUT2D eigenvalue weighted by atomic mass is 35.5. The second kappa shape index (κ2) is 10.6. The molecule has 1 heterocycles. The number of rotatable bonds is 7. The van der Waals surface area contributed by atoms with Crippen molar-refractivity contribution in [1.82, 2.24) is 4.90 Å². The molecule has 0 saturated carbocycles. The molecule has 2 amide bonds. The van der Waals surface area contributed by atoms with Gasteiger partial charge in [-0.05, 0) is 19.1 Å². The first-order valence-corrected chi connectivity index (χ1v) is 10.8. The third kappa shape index (κ3) is 6.05. The van der Waals surface area contributed by atoms with Crippen molar-refractivity contribution in [3.8, 4) is 0 Å². The Morgan fingerprint density at radius 1 is 1.07 bits per heavy atom. The van der Waals surface area contributed by atoms with Crippen LogP contribution >= 0.6 is 11.6 Å². The maximum Gasteiger partial charge on any atom is 0.279 e. The Bertz CT molecular complexity index is 853. The van der Waals surface area contributed by atoms with E-state index in [1.807, 2.05) is 30.1 Å². The van der Waals surface area contributed by atoms with Gasteiger partial charge >= 0.3 is 0 Å². The number of hydrogen-bond acceptors (Lipinski definition) is 2. The monoisotopic (exact) mass is 430 g/mol. The van der Waals surface area contributed by atoms with Gasteiger partial charge in [-0.3, -0.25) is 9.59 Å². The molecule has 1 unspecified atom stereocenters. The summed E-state index contributed by atoms with van der Waals surface area (Å²) in [4.78, 5) is 29.2. The van der Waals surface area contributed by atoms with Crippen LogP contribution in [0.2, 0.25) is 5.02 Å². The van der Waals surface area contributed by atoms with Crippen LogP contribution < -0.4 is 15.1 Å². The van der Waals surface area contributed by atoms with Crippen molar-refractivity contribution < 1.29 is 19.4 Å². The fourth-order valence-electron chi connectivity index (χ4n) is 3.92. The van der Waals surface area contributed by atoms with E-state index in [-0.39, 0.29) is 18.4 Å². The average Bonchev–Trinajstić information content (AvgIpc) is 2.75. The SMILES string of the molecule is C[C@H](c1ccccc1)[NH+]1CCN(C(=O)C[NH+](C)CC(=O)Nc2ccccc2Cl)CC1. The highest BCUT2D eigenvalue weighted by Gasteiger charge is 2.29. The third-order valence-electron chi connectivity index (χ3n) is 5.73. The van der Waals surface area contributed by atoms with E-state index in [9.17, 15) is 9.59 Å². The summed E-state index contributed by atoms with van der Waals surface area (Å²) in [6.07, 6.45) is 0. The molecule has 160 valence electrons. The number of likely N-dealkylation sites (N-methyl/N-ethyl adjacent to an activating group) is 1. The molecule has 0 radical (unpaired) electrons. The van der Waals surface area contributed by atoms with Crippen molar-refractivity contribution in [1.29, 1.82) is 0 Å². The zero-order chi connectivity index (χ0) is 21.5. The zero-order valence-electron chi connectivity index (χ0n) is 17.7. The minimum atomic E-state index is -0.153. The lowest BCUT2D eigenvalue weighted by Crippen LogP contribution is -3.15. The van der Waals surface area contributed by atoms with Crippen LogP contribution in [0, 0.1) is 0 Å². The van der Waals surface area contributed by atoms with Crippen molar-refractivity contribution in [3.05, 3.63) is 65.2 Å². The average molecular weight is 431 g/mol. The molecule has 7 heteroatoms. The molecule has 1 fully saturated rings. The first-order chi connectivity index (χ1) is 14.4. The lowest BCUT2D eigenvalue weighted by atomic mass is 10.1. The smallest absolute Gasteiger partial charge is 0.279 e. The minimum Gasteiger partial charge on any atom is -0.327 e. The van der Waals surface area contributed by atoms with E-state index in [0.29, 0.717) is 23.3 Å². The van der Waals surface area contributed by atoms with Gasteiger partial charge in [-0.2, -0.15) is 0 Å². The molecule has 3 N–H and O–H groups in total. The summed E-state index contributed by atoms with van der Waals surface area (Å²) in [7, 11) is 1.86. The first-order valence-electron chi connectivity index (χ1n) is 10.5. The number of anilines is 1. The number of nitrogens with one attached hydrogen (secondary N) is 3. The van der Waals surface area contributed by atoms with E-state index in [0.717, 1.165) is 31.1 Å². The molecule has 30 heavy (non-hydrogen) atoms. The lowest BCUT2D eigenvalue weighted by molar-refractivity contribution is -0.933. The number of nitrogens with zero attached hydrogens (tertiary/aromatic N) is 1. The number of carbonyl (C=O) groups excluding carboxylic acids is 2. The summed E-state index contributed by atoms with van der Waals surface area (Å²) in [5, 5.41) is 3.31. The normalized spacial score (nSPS) is 16.7.